The second-order valence-electron chi connectivity index (χ2n) is 4.63. The summed E-state index contributed by atoms with van der Waals surface area (Å²) in [4.78, 5) is 33.0. The molecule has 0 aromatic heterocycles. The highest BCUT2D eigenvalue weighted by atomic mass is 16.6. The van der Waals surface area contributed by atoms with Gasteiger partial charge in [0.1, 0.15) is 0 Å². The van der Waals surface area contributed by atoms with E-state index in [0.29, 0.717) is 0 Å². The van der Waals surface area contributed by atoms with Crippen LogP contribution in [-0.2, 0) is 11.2 Å². The van der Waals surface area contributed by atoms with Crippen LogP contribution in [0.5, 0.6) is 5.75 Å². The topological polar surface area (TPSA) is 133 Å². The van der Waals surface area contributed by atoms with Crippen LogP contribution >= 0.6 is 0 Å². The third-order valence-electron chi connectivity index (χ3n) is 3.04. The predicted molar refractivity (Wildman–Crippen MR) is 78.3 cm³/mol. The fourth-order valence-electron chi connectivity index (χ4n) is 1.99. The van der Waals surface area contributed by atoms with Crippen LogP contribution in [-0.4, -0.2) is 21.9 Å². The monoisotopic (exact) mass is 315 g/mol. The minimum Gasteiger partial charge on any atom is -0.872 e. The number of aromatic carboxylic acids is 1. The lowest BCUT2D eigenvalue weighted by molar-refractivity contribution is -0.385. The van der Waals surface area contributed by atoms with Crippen molar-refractivity contribution in [2.24, 2.45) is 0 Å². The quantitative estimate of drug-likeness (QED) is 0.635. The van der Waals surface area contributed by atoms with Gasteiger partial charge >= 0.3 is 5.97 Å². The van der Waals surface area contributed by atoms with Crippen LogP contribution in [0, 0.1) is 10.1 Å². The fourth-order valence-corrected chi connectivity index (χ4v) is 1.99. The first-order chi connectivity index (χ1) is 10.9. The smallest absolute Gasteiger partial charge is 0.335 e. The molecule has 2 aromatic rings. The van der Waals surface area contributed by atoms with Crippen molar-refractivity contribution in [2.75, 3.05) is 5.32 Å². The summed E-state index contributed by atoms with van der Waals surface area (Å²) in [5.74, 6) is -2.64. The summed E-state index contributed by atoms with van der Waals surface area (Å²) in [7, 11) is 0. The lowest BCUT2D eigenvalue weighted by Crippen LogP contribution is -2.16. The molecule has 1 amide bonds. The van der Waals surface area contributed by atoms with E-state index >= 15 is 0 Å². The Morgan fingerprint density at radius 2 is 1.87 bits per heavy atom. The number of nitro groups is 1. The number of benzene rings is 2. The van der Waals surface area contributed by atoms with Gasteiger partial charge in [-0.05, 0) is 18.2 Å². The highest BCUT2D eigenvalue weighted by molar-refractivity contribution is 5.95. The zero-order valence-electron chi connectivity index (χ0n) is 11.7. The number of carboxylic acids is 1. The van der Waals surface area contributed by atoms with E-state index in [9.17, 15) is 24.8 Å². The van der Waals surface area contributed by atoms with E-state index in [1.165, 1.54) is 24.3 Å². The average Bonchev–Trinajstić information content (AvgIpc) is 2.47. The second kappa shape index (κ2) is 6.56. The van der Waals surface area contributed by atoms with E-state index in [2.05, 4.69) is 5.32 Å². The van der Waals surface area contributed by atoms with Crippen molar-refractivity contribution >= 4 is 23.3 Å². The van der Waals surface area contributed by atoms with Gasteiger partial charge in [-0.2, -0.15) is 0 Å². The Kier molecular flexibility index (Phi) is 4.55. The van der Waals surface area contributed by atoms with Crippen molar-refractivity contribution < 1.29 is 24.7 Å². The Balaban J connectivity index is 2.13. The lowest BCUT2D eigenvalue weighted by atomic mass is 10.1. The van der Waals surface area contributed by atoms with Gasteiger partial charge in [-0.15, -0.1) is 0 Å². The summed E-state index contributed by atoms with van der Waals surface area (Å²) in [5, 5.41) is 33.6. The molecule has 2 N–H and O–H groups in total. The van der Waals surface area contributed by atoms with E-state index in [4.69, 9.17) is 5.11 Å². The number of amides is 1. The van der Waals surface area contributed by atoms with Crippen LogP contribution in [0.25, 0.3) is 0 Å². The number of hydrogen-bond acceptors (Lipinski definition) is 5. The number of para-hydroxylation sites is 1. The summed E-state index contributed by atoms with van der Waals surface area (Å²) in [6.07, 6.45) is -0.244. The number of nitrogens with zero attached hydrogens (tertiary/aromatic N) is 1. The van der Waals surface area contributed by atoms with E-state index in [-0.39, 0.29) is 23.4 Å². The first-order valence-corrected chi connectivity index (χ1v) is 6.45. The second-order valence-corrected chi connectivity index (χ2v) is 4.63. The van der Waals surface area contributed by atoms with Crippen LogP contribution in [0.4, 0.5) is 11.4 Å². The van der Waals surface area contributed by atoms with Gasteiger partial charge in [0.05, 0.1) is 16.9 Å². The molecule has 0 saturated carbocycles. The van der Waals surface area contributed by atoms with Crippen LogP contribution in [0.15, 0.2) is 42.5 Å². The van der Waals surface area contributed by atoms with Crippen molar-refractivity contribution in [1.82, 2.24) is 0 Å². The molecule has 2 aromatic carbocycles. The van der Waals surface area contributed by atoms with Crippen LogP contribution in [0.2, 0.25) is 0 Å². The molecule has 23 heavy (non-hydrogen) atoms. The molecule has 0 aliphatic carbocycles. The average molecular weight is 315 g/mol. The molecule has 0 heterocycles. The molecule has 0 aliphatic rings. The summed E-state index contributed by atoms with van der Waals surface area (Å²) >= 11 is 0. The largest absolute Gasteiger partial charge is 0.872 e. The molecular formula is C15H11N2O6-. The fraction of sp³-hybridized carbons (Fsp3) is 0.0667. The Hall–Kier alpha value is -3.42. The molecule has 0 spiro atoms. The normalized spacial score (nSPS) is 10.1. The highest BCUT2D eigenvalue weighted by Crippen LogP contribution is 2.21. The molecule has 2 rings (SSSR count). The number of carbonyl (C=O) groups excluding carboxylic acids is 1. The summed E-state index contributed by atoms with van der Waals surface area (Å²) in [5.41, 5.74) is -0.210. The maximum Gasteiger partial charge on any atom is 0.335 e. The number of carbonyl (C=O) groups is 2. The van der Waals surface area contributed by atoms with E-state index in [0.717, 1.165) is 12.1 Å². The number of carboxylic acid groups (broad SMARTS) is 1. The van der Waals surface area contributed by atoms with Gasteiger partial charge in [-0.25, -0.2) is 4.79 Å². The molecule has 0 saturated heterocycles. The van der Waals surface area contributed by atoms with Crippen molar-refractivity contribution in [1.29, 1.82) is 0 Å². The molecule has 8 heteroatoms. The van der Waals surface area contributed by atoms with Gasteiger partial charge in [0.2, 0.25) is 5.91 Å². The minimum atomic E-state index is -1.35. The Morgan fingerprint density at radius 3 is 2.48 bits per heavy atom. The van der Waals surface area contributed by atoms with Crippen LogP contribution in [0.3, 0.4) is 0 Å². The van der Waals surface area contributed by atoms with E-state index in [1.807, 2.05) is 0 Å². The summed E-state index contributed by atoms with van der Waals surface area (Å²) < 4.78 is 0. The predicted octanol–water partition coefficient (Wildman–Crippen LogP) is 1.55. The molecule has 118 valence electrons. The molecule has 0 radical (unpaired) electrons. The Morgan fingerprint density at radius 1 is 1.17 bits per heavy atom. The Labute approximate surface area is 130 Å². The third kappa shape index (κ3) is 3.82. The molecule has 0 aliphatic heterocycles. The van der Waals surface area contributed by atoms with Crippen molar-refractivity contribution in [3.05, 3.63) is 63.7 Å². The van der Waals surface area contributed by atoms with Crippen LogP contribution in [0.1, 0.15) is 15.9 Å². The number of rotatable bonds is 5. The lowest BCUT2D eigenvalue weighted by Gasteiger charge is -2.13. The van der Waals surface area contributed by atoms with Crippen LogP contribution < -0.4 is 10.4 Å². The first-order valence-electron chi connectivity index (χ1n) is 6.45. The van der Waals surface area contributed by atoms with Crippen molar-refractivity contribution in [3.63, 3.8) is 0 Å². The van der Waals surface area contributed by atoms with Gasteiger partial charge in [0.15, 0.2) is 0 Å². The Bertz CT molecular complexity index is 787. The van der Waals surface area contributed by atoms with Crippen molar-refractivity contribution in [2.45, 2.75) is 6.42 Å². The number of nitrogens with one attached hydrogen (secondary N) is 1. The van der Waals surface area contributed by atoms with Crippen molar-refractivity contribution in [3.8, 4) is 5.75 Å². The van der Waals surface area contributed by atoms with Gasteiger partial charge in [-0.1, -0.05) is 23.9 Å². The van der Waals surface area contributed by atoms with Gasteiger partial charge < -0.3 is 15.5 Å². The zero-order valence-corrected chi connectivity index (χ0v) is 11.7. The highest BCUT2D eigenvalue weighted by Gasteiger charge is 2.15. The number of hydrogen-bond donors (Lipinski definition) is 2. The van der Waals surface area contributed by atoms with Gasteiger partial charge in [0.25, 0.3) is 5.69 Å². The van der Waals surface area contributed by atoms with Gasteiger partial charge in [0, 0.05) is 17.3 Å². The number of anilines is 1. The summed E-state index contributed by atoms with van der Waals surface area (Å²) in [6.45, 7) is 0. The maximum atomic E-state index is 11.9. The molecule has 0 unspecified atom stereocenters. The molecule has 0 fully saturated rings. The zero-order chi connectivity index (χ0) is 17.0. The van der Waals surface area contributed by atoms with E-state index < -0.39 is 28.1 Å². The summed E-state index contributed by atoms with van der Waals surface area (Å²) in [6, 6.07) is 9.18. The molecular weight excluding hydrogens is 304 g/mol. The molecule has 8 nitrogen and oxygen atoms in total. The number of nitro benzene ring substituents is 1. The van der Waals surface area contributed by atoms with Gasteiger partial charge in [-0.3, -0.25) is 14.9 Å². The maximum absolute atomic E-state index is 11.9. The third-order valence-corrected chi connectivity index (χ3v) is 3.04. The SMILES string of the molecule is O=C(Cc1ccccc1[N+](=O)[O-])Nc1ccc(C(=O)O)c([O-])c1. The standard InChI is InChI=1S/C15H12N2O6/c18-13-8-10(5-6-11(13)15(20)21)16-14(19)7-9-3-1-2-4-12(9)17(22)23/h1-6,8,18H,7H2,(H,16,19)(H,20,21)/p-1. The molecule has 0 bridgehead atoms. The first kappa shape index (κ1) is 16.0. The van der Waals surface area contributed by atoms with E-state index in [1.54, 1.807) is 6.07 Å². The minimum absolute atomic E-state index is 0.128. The molecule has 0 atom stereocenters.